The van der Waals surface area contributed by atoms with Gasteiger partial charge >= 0.3 is 6.09 Å². The van der Waals surface area contributed by atoms with Gasteiger partial charge in [0.15, 0.2) is 0 Å². The Morgan fingerprint density at radius 3 is 2.46 bits per heavy atom. The standard InChI is InChI=1S/C20H20FN3O4/c21-16-10-13(18(22)25)6-7-17(16)24-19(26)14-8-15(9-14)23-20(27)28-11-12-4-2-1-3-5-12/h1-7,10,14-15H,8-9,11H2,(H2,22,25)(H,23,27)(H,24,26). The summed E-state index contributed by atoms with van der Waals surface area (Å²) in [5.74, 6) is -2.16. The number of carbonyl (C=O) groups is 3. The molecule has 0 bridgehead atoms. The van der Waals surface area contributed by atoms with Crippen molar-refractivity contribution in [2.24, 2.45) is 11.7 Å². The fraction of sp³-hybridized carbons (Fsp3) is 0.250. The van der Waals surface area contributed by atoms with Crippen LogP contribution in [0.1, 0.15) is 28.8 Å². The maximum Gasteiger partial charge on any atom is 0.407 e. The Labute approximate surface area is 161 Å². The Kier molecular flexibility index (Phi) is 5.88. The first-order valence-corrected chi connectivity index (χ1v) is 8.80. The number of alkyl carbamates (subject to hydrolysis) is 1. The molecule has 3 rings (SSSR count). The van der Waals surface area contributed by atoms with Gasteiger partial charge in [0.2, 0.25) is 11.8 Å². The molecule has 28 heavy (non-hydrogen) atoms. The highest BCUT2D eigenvalue weighted by Gasteiger charge is 2.36. The number of anilines is 1. The van der Waals surface area contributed by atoms with Crippen molar-refractivity contribution >= 4 is 23.6 Å². The maximum absolute atomic E-state index is 13.9. The van der Waals surface area contributed by atoms with Gasteiger partial charge in [0, 0.05) is 17.5 Å². The lowest BCUT2D eigenvalue weighted by Crippen LogP contribution is -2.48. The van der Waals surface area contributed by atoms with Crippen LogP contribution < -0.4 is 16.4 Å². The van der Waals surface area contributed by atoms with Crippen LogP contribution in [-0.4, -0.2) is 23.9 Å². The van der Waals surface area contributed by atoms with Crippen LogP contribution in [0.15, 0.2) is 48.5 Å². The quantitative estimate of drug-likeness (QED) is 0.710. The number of carbonyl (C=O) groups excluding carboxylic acids is 3. The molecule has 0 aliphatic heterocycles. The van der Waals surface area contributed by atoms with E-state index >= 15 is 0 Å². The Balaban J connectivity index is 1.41. The minimum absolute atomic E-state index is 0.0197. The highest BCUT2D eigenvalue weighted by Crippen LogP contribution is 2.29. The van der Waals surface area contributed by atoms with E-state index in [0.29, 0.717) is 12.8 Å². The fourth-order valence-electron chi connectivity index (χ4n) is 2.89. The summed E-state index contributed by atoms with van der Waals surface area (Å²) in [6.45, 7) is 0.171. The lowest BCUT2D eigenvalue weighted by molar-refractivity contribution is -0.122. The van der Waals surface area contributed by atoms with Gasteiger partial charge in [-0.05, 0) is 36.6 Å². The van der Waals surface area contributed by atoms with Crippen molar-refractivity contribution in [1.29, 1.82) is 0 Å². The van der Waals surface area contributed by atoms with Crippen molar-refractivity contribution in [3.8, 4) is 0 Å². The van der Waals surface area contributed by atoms with Crippen molar-refractivity contribution in [3.05, 3.63) is 65.5 Å². The summed E-state index contributed by atoms with van der Waals surface area (Å²) < 4.78 is 19.1. The van der Waals surface area contributed by atoms with E-state index < -0.39 is 17.8 Å². The topological polar surface area (TPSA) is 111 Å². The summed E-state index contributed by atoms with van der Waals surface area (Å²) in [4.78, 5) is 35.0. The monoisotopic (exact) mass is 385 g/mol. The average molecular weight is 385 g/mol. The molecular weight excluding hydrogens is 365 g/mol. The Hall–Kier alpha value is -3.42. The molecule has 0 atom stereocenters. The van der Waals surface area contributed by atoms with Gasteiger partial charge in [-0.3, -0.25) is 9.59 Å². The van der Waals surface area contributed by atoms with E-state index in [-0.39, 0.29) is 35.7 Å². The van der Waals surface area contributed by atoms with Gasteiger partial charge < -0.3 is 21.1 Å². The van der Waals surface area contributed by atoms with Crippen LogP contribution in [0.3, 0.4) is 0 Å². The summed E-state index contributed by atoms with van der Waals surface area (Å²) >= 11 is 0. The zero-order valence-electron chi connectivity index (χ0n) is 15.0. The number of nitrogens with one attached hydrogen (secondary N) is 2. The van der Waals surface area contributed by atoms with Crippen LogP contribution in [0.2, 0.25) is 0 Å². The Morgan fingerprint density at radius 2 is 1.82 bits per heavy atom. The van der Waals surface area contributed by atoms with Crippen LogP contribution >= 0.6 is 0 Å². The van der Waals surface area contributed by atoms with Crippen LogP contribution in [0.4, 0.5) is 14.9 Å². The number of amides is 3. The lowest BCUT2D eigenvalue weighted by atomic mass is 9.79. The third kappa shape index (κ3) is 4.85. The molecule has 1 saturated carbocycles. The smallest absolute Gasteiger partial charge is 0.407 e. The SMILES string of the molecule is NC(=O)c1ccc(NC(=O)C2CC(NC(=O)OCc3ccccc3)C2)c(F)c1. The molecule has 2 aromatic rings. The molecule has 0 unspecified atom stereocenters. The first-order chi connectivity index (χ1) is 13.4. The fourth-order valence-corrected chi connectivity index (χ4v) is 2.89. The molecule has 3 amide bonds. The number of hydrogen-bond donors (Lipinski definition) is 3. The molecule has 8 heteroatoms. The van der Waals surface area contributed by atoms with Gasteiger partial charge in [0.05, 0.1) is 5.69 Å². The van der Waals surface area contributed by atoms with Gasteiger partial charge in [-0.1, -0.05) is 30.3 Å². The van der Waals surface area contributed by atoms with Crippen molar-refractivity contribution in [2.75, 3.05) is 5.32 Å². The average Bonchev–Trinajstić information content (AvgIpc) is 2.64. The van der Waals surface area contributed by atoms with Gasteiger partial charge in [-0.15, -0.1) is 0 Å². The largest absolute Gasteiger partial charge is 0.445 e. The number of ether oxygens (including phenoxy) is 1. The van der Waals surface area contributed by atoms with Crippen molar-refractivity contribution in [3.63, 3.8) is 0 Å². The number of halogens is 1. The molecule has 2 aromatic carbocycles. The van der Waals surface area contributed by atoms with E-state index in [1.165, 1.54) is 12.1 Å². The van der Waals surface area contributed by atoms with Crippen LogP contribution in [0.25, 0.3) is 0 Å². The van der Waals surface area contributed by atoms with E-state index in [4.69, 9.17) is 10.5 Å². The molecule has 7 nitrogen and oxygen atoms in total. The minimum Gasteiger partial charge on any atom is -0.445 e. The molecule has 0 radical (unpaired) electrons. The third-order valence-corrected chi connectivity index (χ3v) is 4.56. The Bertz CT molecular complexity index is 882. The van der Waals surface area contributed by atoms with Gasteiger partial charge in [-0.2, -0.15) is 0 Å². The summed E-state index contributed by atoms with van der Waals surface area (Å²) in [6.07, 6.45) is 0.335. The first kappa shape index (κ1) is 19.3. The lowest BCUT2D eigenvalue weighted by Gasteiger charge is -2.34. The van der Waals surface area contributed by atoms with Gasteiger partial charge in [0.1, 0.15) is 12.4 Å². The molecule has 1 fully saturated rings. The van der Waals surface area contributed by atoms with E-state index in [1.54, 1.807) is 0 Å². The van der Waals surface area contributed by atoms with E-state index in [0.717, 1.165) is 11.6 Å². The number of primary amides is 1. The van der Waals surface area contributed by atoms with Crippen molar-refractivity contribution < 1.29 is 23.5 Å². The number of nitrogens with two attached hydrogens (primary N) is 1. The molecule has 0 saturated heterocycles. The zero-order valence-corrected chi connectivity index (χ0v) is 15.0. The molecule has 4 N–H and O–H groups in total. The summed E-state index contributed by atoms with van der Waals surface area (Å²) in [6, 6.07) is 12.7. The second kappa shape index (κ2) is 8.51. The number of benzene rings is 2. The minimum atomic E-state index is -0.746. The molecule has 1 aliphatic carbocycles. The predicted octanol–water partition coefficient (Wildman–Crippen LogP) is 2.57. The van der Waals surface area contributed by atoms with Gasteiger partial charge in [-0.25, -0.2) is 9.18 Å². The van der Waals surface area contributed by atoms with Crippen LogP contribution in [-0.2, 0) is 16.1 Å². The normalized spacial score (nSPS) is 17.9. The van der Waals surface area contributed by atoms with Crippen LogP contribution in [0, 0.1) is 11.7 Å². The molecule has 0 aromatic heterocycles. The second-order valence-corrected chi connectivity index (χ2v) is 6.62. The maximum atomic E-state index is 13.9. The van der Waals surface area contributed by atoms with Crippen LogP contribution in [0.5, 0.6) is 0 Å². The zero-order chi connectivity index (χ0) is 20.1. The van der Waals surface area contributed by atoms with Gasteiger partial charge in [0.25, 0.3) is 0 Å². The first-order valence-electron chi connectivity index (χ1n) is 8.80. The molecule has 1 aliphatic rings. The van der Waals surface area contributed by atoms with Crippen molar-refractivity contribution in [1.82, 2.24) is 5.32 Å². The van der Waals surface area contributed by atoms with E-state index in [2.05, 4.69) is 10.6 Å². The second-order valence-electron chi connectivity index (χ2n) is 6.62. The van der Waals surface area contributed by atoms with Crippen molar-refractivity contribution in [2.45, 2.75) is 25.5 Å². The third-order valence-electron chi connectivity index (χ3n) is 4.56. The Morgan fingerprint density at radius 1 is 1.11 bits per heavy atom. The summed E-state index contributed by atoms with van der Waals surface area (Å²) in [5.41, 5.74) is 5.97. The molecule has 0 heterocycles. The summed E-state index contributed by atoms with van der Waals surface area (Å²) in [7, 11) is 0. The highest BCUT2D eigenvalue weighted by molar-refractivity contribution is 5.96. The van der Waals surface area contributed by atoms with E-state index in [9.17, 15) is 18.8 Å². The molecule has 146 valence electrons. The number of rotatable bonds is 6. The predicted molar refractivity (Wildman–Crippen MR) is 99.8 cm³/mol. The summed E-state index contributed by atoms with van der Waals surface area (Å²) in [5, 5.41) is 5.19. The highest BCUT2D eigenvalue weighted by atomic mass is 19.1. The molecular formula is C20H20FN3O4. The molecule has 0 spiro atoms. The number of hydrogen-bond acceptors (Lipinski definition) is 4. The van der Waals surface area contributed by atoms with E-state index in [1.807, 2.05) is 30.3 Å².